The Labute approximate surface area is 202 Å². The van der Waals surface area contributed by atoms with Crippen molar-refractivity contribution in [3.8, 4) is 5.75 Å². The van der Waals surface area contributed by atoms with E-state index in [0.29, 0.717) is 4.90 Å². The molecule has 3 aromatic rings. The Kier molecular flexibility index (Phi) is 6.41. The first-order chi connectivity index (χ1) is 16.4. The molecule has 34 heavy (non-hydrogen) atoms. The van der Waals surface area contributed by atoms with Crippen LogP contribution in [-0.2, 0) is 16.6 Å². The van der Waals surface area contributed by atoms with Gasteiger partial charge in [-0.15, -0.1) is 0 Å². The molecular formula is C26H34N4O3S. The SMILES string of the molecule is CNS(=O)(=O)c1ccc([C@@H]2CN(CC3CC3)CCN2Cc2c(OC)cc(C)c3[nH]ccc23)cc1. The molecule has 2 aliphatic rings. The third kappa shape index (κ3) is 4.60. The Balaban J connectivity index is 1.47. The van der Waals surface area contributed by atoms with Crippen LogP contribution in [0.25, 0.3) is 10.9 Å². The number of aromatic amines is 1. The quantitative estimate of drug-likeness (QED) is 0.512. The van der Waals surface area contributed by atoms with E-state index in [9.17, 15) is 8.42 Å². The standard InChI is InChI=1S/C26H34N4O3S/c1-18-14-25(33-3)23(22-10-11-28-26(18)22)16-30-13-12-29(15-19-4-5-19)17-24(30)20-6-8-21(9-7-20)34(31,32)27-2/h6-11,14,19,24,27-28H,4-5,12-13,15-17H2,1-3H3/t24-/m0/s1. The lowest BCUT2D eigenvalue weighted by Gasteiger charge is -2.42. The predicted molar refractivity (Wildman–Crippen MR) is 135 cm³/mol. The molecular weight excluding hydrogens is 448 g/mol. The first-order valence-corrected chi connectivity index (χ1v) is 13.5. The van der Waals surface area contributed by atoms with E-state index < -0.39 is 10.0 Å². The smallest absolute Gasteiger partial charge is 0.240 e. The van der Waals surface area contributed by atoms with E-state index in [4.69, 9.17) is 4.74 Å². The van der Waals surface area contributed by atoms with E-state index in [1.54, 1.807) is 19.2 Å². The van der Waals surface area contributed by atoms with Crippen molar-refractivity contribution in [2.75, 3.05) is 40.3 Å². The summed E-state index contributed by atoms with van der Waals surface area (Å²) < 4.78 is 32.7. The molecule has 1 saturated heterocycles. The molecule has 5 rings (SSSR count). The normalized spacial score (nSPS) is 20.1. The van der Waals surface area contributed by atoms with Crippen LogP contribution >= 0.6 is 0 Å². The monoisotopic (exact) mass is 482 g/mol. The van der Waals surface area contributed by atoms with Crippen LogP contribution in [0.15, 0.2) is 47.5 Å². The average molecular weight is 483 g/mol. The molecule has 182 valence electrons. The summed E-state index contributed by atoms with van der Waals surface area (Å²) in [6, 6.07) is 11.8. The molecule has 1 aliphatic heterocycles. The minimum atomic E-state index is -3.45. The van der Waals surface area contributed by atoms with Crippen molar-refractivity contribution >= 4 is 20.9 Å². The van der Waals surface area contributed by atoms with Gasteiger partial charge in [0.1, 0.15) is 5.75 Å². The van der Waals surface area contributed by atoms with Crippen LogP contribution in [-0.4, -0.2) is 63.5 Å². The number of sulfonamides is 1. The molecule has 0 radical (unpaired) electrons. The van der Waals surface area contributed by atoms with Crippen LogP contribution in [0.1, 0.15) is 35.6 Å². The summed E-state index contributed by atoms with van der Waals surface area (Å²) in [5.74, 6) is 1.76. The van der Waals surface area contributed by atoms with Gasteiger partial charge in [-0.25, -0.2) is 13.1 Å². The second-order valence-electron chi connectivity index (χ2n) is 9.61. The lowest BCUT2D eigenvalue weighted by Crippen LogP contribution is -2.48. The van der Waals surface area contributed by atoms with Crippen molar-refractivity contribution in [3.63, 3.8) is 0 Å². The second kappa shape index (κ2) is 9.34. The summed E-state index contributed by atoms with van der Waals surface area (Å²) in [7, 11) is -0.269. The van der Waals surface area contributed by atoms with E-state index in [2.05, 4.69) is 38.6 Å². The first kappa shape index (κ1) is 23.4. The predicted octanol–water partition coefficient (Wildman–Crippen LogP) is 3.66. The molecule has 1 aromatic heterocycles. The molecule has 2 fully saturated rings. The van der Waals surface area contributed by atoms with Crippen LogP contribution in [0.2, 0.25) is 0 Å². The fraction of sp³-hybridized carbons (Fsp3) is 0.462. The van der Waals surface area contributed by atoms with Gasteiger partial charge >= 0.3 is 0 Å². The number of benzene rings is 2. The second-order valence-corrected chi connectivity index (χ2v) is 11.5. The molecule has 0 amide bonds. The molecule has 2 heterocycles. The molecule has 2 N–H and O–H groups in total. The zero-order valence-electron chi connectivity index (χ0n) is 20.2. The summed E-state index contributed by atoms with van der Waals surface area (Å²) in [6.07, 6.45) is 4.67. The van der Waals surface area contributed by atoms with Gasteiger partial charge in [0.25, 0.3) is 0 Å². The van der Waals surface area contributed by atoms with Gasteiger partial charge in [-0.3, -0.25) is 9.80 Å². The highest BCUT2D eigenvalue weighted by Crippen LogP contribution is 2.36. The summed E-state index contributed by atoms with van der Waals surface area (Å²) in [5, 5.41) is 1.20. The Hall–Kier alpha value is -2.39. The van der Waals surface area contributed by atoms with Crippen molar-refractivity contribution in [2.45, 2.75) is 37.2 Å². The number of methoxy groups -OCH3 is 1. The lowest BCUT2D eigenvalue weighted by atomic mass is 9.99. The Bertz CT molecular complexity index is 1270. The molecule has 0 spiro atoms. The largest absolute Gasteiger partial charge is 0.496 e. The number of H-pyrrole nitrogens is 1. The molecule has 2 aromatic carbocycles. The fourth-order valence-corrected chi connectivity index (χ4v) is 5.92. The van der Waals surface area contributed by atoms with Crippen molar-refractivity contribution < 1.29 is 13.2 Å². The molecule has 0 unspecified atom stereocenters. The number of aryl methyl sites for hydroxylation is 1. The van der Waals surface area contributed by atoms with Gasteiger partial charge in [0.15, 0.2) is 0 Å². The number of hydrogen-bond donors (Lipinski definition) is 2. The number of aromatic nitrogens is 1. The first-order valence-electron chi connectivity index (χ1n) is 12.0. The number of rotatable bonds is 8. The summed E-state index contributed by atoms with van der Waals surface area (Å²) in [4.78, 5) is 8.77. The third-order valence-electron chi connectivity index (χ3n) is 7.33. The van der Waals surface area contributed by atoms with Gasteiger partial charge in [-0.2, -0.15) is 0 Å². The maximum absolute atomic E-state index is 12.2. The third-order valence-corrected chi connectivity index (χ3v) is 8.76. The van der Waals surface area contributed by atoms with Crippen molar-refractivity contribution in [3.05, 3.63) is 59.3 Å². The van der Waals surface area contributed by atoms with E-state index in [0.717, 1.165) is 55.5 Å². The van der Waals surface area contributed by atoms with Crippen LogP contribution in [0.3, 0.4) is 0 Å². The van der Waals surface area contributed by atoms with Gasteiger partial charge in [0.2, 0.25) is 10.0 Å². The van der Waals surface area contributed by atoms with Crippen LogP contribution in [0.5, 0.6) is 5.75 Å². The van der Waals surface area contributed by atoms with Crippen LogP contribution < -0.4 is 9.46 Å². The molecule has 1 aliphatic carbocycles. The van der Waals surface area contributed by atoms with Crippen LogP contribution in [0.4, 0.5) is 0 Å². The van der Waals surface area contributed by atoms with Crippen molar-refractivity contribution in [1.29, 1.82) is 0 Å². The van der Waals surface area contributed by atoms with Gasteiger partial charge in [0.05, 0.1) is 12.0 Å². The number of nitrogens with zero attached hydrogens (tertiary/aromatic N) is 2. The number of fused-ring (bicyclic) bond motifs is 1. The average Bonchev–Trinajstić information content (AvgIpc) is 3.52. The summed E-state index contributed by atoms with van der Waals surface area (Å²) in [5.41, 5.74) is 4.67. The summed E-state index contributed by atoms with van der Waals surface area (Å²) in [6.45, 7) is 6.98. The Morgan fingerprint density at radius 3 is 2.59 bits per heavy atom. The van der Waals surface area contributed by atoms with Gasteiger partial charge in [0, 0.05) is 61.4 Å². The van der Waals surface area contributed by atoms with Gasteiger partial charge in [-0.1, -0.05) is 12.1 Å². The topological polar surface area (TPSA) is 77.7 Å². The minimum Gasteiger partial charge on any atom is -0.496 e. The van der Waals surface area contributed by atoms with E-state index >= 15 is 0 Å². The maximum atomic E-state index is 12.2. The Morgan fingerprint density at radius 2 is 1.91 bits per heavy atom. The number of hydrogen-bond acceptors (Lipinski definition) is 5. The fourth-order valence-electron chi connectivity index (χ4n) is 5.19. The maximum Gasteiger partial charge on any atom is 0.240 e. The van der Waals surface area contributed by atoms with E-state index in [1.165, 1.54) is 36.4 Å². The molecule has 0 bridgehead atoms. The zero-order valence-corrected chi connectivity index (χ0v) is 21.0. The number of piperazine rings is 1. The molecule has 8 heteroatoms. The highest BCUT2D eigenvalue weighted by Gasteiger charge is 2.33. The summed E-state index contributed by atoms with van der Waals surface area (Å²) >= 11 is 0. The number of ether oxygens (including phenoxy) is 1. The molecule has 1 atom stereocenters. The van der Waals surface area contributed by atoms with Gasteiger partial charge < -0.3 is 9.72 Å². The molecule has 7 nitrogen and oxygen atoms in total. The number of nitrogens with one attached hydrogen (secondary N) is 2. The minimum absolute atomic E-state index is 0.179. The highest BCUT2D eigenvalue weighted by atomic mass is 32.2. The Morgan fingerprint density at radius 1 is 1.15 bits per heavy atom. The van der Waals surface area contributed by atoms with E-state index in [-0.39, 0.29) is 6.04 Å². The van der Waals surface area contributed by atoms with Crippen LogP contribution in [0, 0.1) is 12.8 Å². The van der Waals surface area contributed by atoms with Gasteiger partial charge in [-0.05, 0) is 68.1 Å². The van der Waals surface area contributed by atoms with Crippen molar-refractivity contribution in [1.82, 2.24) is 19.5 Å². The van der Waals surface area contributed by atoms with E-state index in [1.807, 2.05) is 18.3 Å². The van der Waals surface area contributed by atoms with Crippen molar-refractivity contribution in [2.24, 2.45) is 5.92 Å². The molecule has 1 saturated carbocycles. The zero-order chi connectivity index (χ0) is 23.9. The lowest BCUT2D eigenvalue weighted by molar-refractivity contribution is 0.0650. The highest BCUT2D eigenvalue weighted by molar-refractivity contribution is 7.89.